The van der Waals surface area contributed by atoms with E-state index < -0.39 is 0 Å². The van der Waals surface area contributed by atoms with E-state index in [1.54, 1.807) is 19.5 Å². The second kappa shape index (κ2) is 7.34. The lowest BCUT2D eigenvalue weighted by Gasteiger charge is -2.24. The Morgan fingerprint density at radius 1 is 1.25 bits per heavy atom. The SMILES string of the molecule is COc1ccc2c(c1)CCCN(C(=O)N[C@H](C)c1ccncc1)C2. The Hall–Kier alpha value is -2.56. The second-order valence-corrected chi connectivity index (χ2v) is 6.11. The Bertz CT molecular complexity index is 703. The van der Waals surface area contributed by atoms with Crippen LogP contribution in [0.3, 0.4) is 0 Å². The van der Waals surface area contributed by atoms with Crippen LogP contribution >= 0.6 is 0 Å². The first-order valence-corrected chi connectivity index (χ1v) is 8.28. The van der Waals surface area contributed by atoms with Crippen LogP contribution in [0.4, 0.5) is 4.79 Å². The van der Waals surface area contributed by atoms with Crippen molar-refractivity contribution in [2.24, 2.45) is 0 Å². The van der Waals surface area contributed by atoms with Gasteiger partial charge in [0, 0.05) is 25.5 Å². The Morgan fingerprint density at radius 3 is 2.79 bits per heavy atom. The molecule has 2 heterocycles. The number of aryl methyl sites for hydroxylation is 1. The van der Waals surface area contributed by atoms with Gasteiger partial charge in [0.1, 0.15) is 5.75 Å². The third kappa shape index (κ3) is 3.67. The molecule has 0 saturated heterocycles. The van der Waals surface area contributed by atoms with Crippen LogP contribution in [0.2, 0.25) is 0 Å². The number of nitrogens with one attached hydrogen (secondary N) is 1. The molecule has 3 rings (SSSR count). The van der Waals surface area contributed by atoms with E-state index in [2.05, 4.69) is 22.4 Å². The van der Waals surface area contributed by atoms with Gasteiger partial charge < -0.3 is 15.0 Å². The molecule has 0 spiro atoms. The van der Waals surface area contributed by atoms with Crippen LogP contribution in [-0.4, -0.2) is 29.6 Å². The highest BCUT2D eigenvalue weighted by Gasteiger charge is 2.20. The van der Waals surface area contributed by atoms with E-state index in [4.69, 9.17) is 4.74 Å². The zero-order valence-electron chi connectivity index (χ0n) is 14.2. The van der Waals surface area contributed by atoms with E-state index in [1.807, 2.05) is 30.0 Å². The van der Waals surface area contributed by atoms with Gasteiger partial charge in [0.05, 0.1) is 13.2 Å². The summed E-state index contributed by atoms with van der Waals surface area (Å²) in [6, 6.07) is 9.88. The molecule has 126 valence electrons. The van der Waals surface area contributed by atoms with Gasteiger partial charge in [-0.25, -0.2) is 4.79 Å². The summed E-state index contributed by atoms with van der Waals surface area (Å²) in [6.07, 6.45) is 5.41. The molecule has 2 aromatic rings. The molecule has 1 aromatic heterocycles. The lowest BCUT2D eigenvalue weighted by atomic mass is 10.0. The van der Waals surface area contributed by atoms with Crippen LogP contribution in [0.5, 0.6) is 5.75 Å². The zero-order valence-corrected chi connectivity index (χ0v) is 14.2. The molecular weight excluding hydrogens is 302 g/mol. The topological polar surface area (TPSA) is 54.5 Å². The average molecular weight is 325 g/mol. The van der Waals surface area contributed by atoms with Gasteiger partial charge >= 0.3 is 6.03 Å². The Kier molecular flexibility index (Phi) is 4.99. The number of urea groups is 1. The smallest absolute Gasteiger partial charge is 0.318 e. The minimum absolute atomic E-state index is 0.0250. The molecule has 1 N–H and O–H groups in total. The summed E-state index contributed by atoms with van der Waals surface area (Å²) in [6.45, 7) is 3.38. The van der Waals surface area contributed by atoms with Gasteiger partial charge in [-0.15, -0.1) is 0 Å². The Labute approximate surface area is 142 Å². The molecule has 0 unspecified atom stereocenters. The van der Waals surface area contributed by atoms with Crippen molar-refractivity contribution in [3.63, 3.8) is 0 Å². The zero-order chi connectivity index (χ0) is 16.9. The van der Waals surface area contributed by atoms with Crippen molar-refractivity contribution >= 4 is 6.03 Å². The normalized spacial score (nSPS) is 15.2. The number of nitrogens with zero attached hydrogens (tertiary/aromatic N) is 2. The van der Waals surface area contributed by atoms with E-state index in [9.17, 15) is 4.79 Å². The summed E-state index contributed by atoms with van der Waals surface area (Å²) in [4.78, 5) is 18.5. The number of methoxy groups -OCH3 is 1. The van der Waals surface area contributed by atoms with E-state index in [0.29, 0.717) is 6.54 Å². The molecule has 1 aromatic carbocycles. The summed E-state index contributed by atoms with van der Waals surface area (Å²) in [5.74, 6) is 0.873. The average Bonchev–Trinajstić information content (AvgIpc) is 2.84. The van der Waals surface area contributed by atoms with Crippen LogP contribution in [-0.2, 0) is 13.0 Å². The second-order valence-electron chi connectivity index (χ2n) is 6.11. The first kappa shape index (κ1) is 16.3. The molecule has 5 nitrogen and oxygen atoms in total. The van der Waals surface area contributed by atoms with Crippen LogP contribution in [0.25, 0.3) is 0 Å². The molecule has 1 atom stereocenters. The number of hydrogen-bond acceptors (Lipinski definition) is 3. The van der Waals surface area contributed by atoms with Crippen molar-refractivity contribution in [3.05, 3.63) is 59.4 Å². The number of rotatable bonds is 3. The van der Waals surface area contributed by atoms with Crippen LogP contribution in [0.15, 0.2) is 42.7 Å². The Morgan fingerprint density at radius 2 is 2.04 bits per heavy atom. The summed E-state index contributed by atoms with van der Waals surface area (Å²) < 4.78 is 5.30. The van der Waals surface area contributed by atoms with Crippen molar-refractivity contribution in [1.82, 2.24) is 15.2 Å². The molecule has 1 aliphatic rings. The lowest BCUT2D eigenvalue weighted by molar-refractivity contribution is 0.192. The maximum atomic E-state index is 12.6. The maximum Gasteiger partial charge on any atom is 0.318 e. The molecule has 0 radical (unpaired) electrons. The summed E-state index contributed by atoms with van der Waals surface area (Å²) in [5, 5.41) is 3.08. The van der Waals surface area contributed by atoms with Gasteiger partial charge in [-0.05, 0) is 60.7 Å². The maximum absolute atomic E-state index is 12.6. The fourth-order valence-corrected chi connectivity index (χ4v) is 3.05. The van der Waals surface area contributed by atoms with Crippen molar-refractivity contribution < 1.29 is 9.53 Å². The van der Waals surface area contributed by atoms with Gasteiger partial charge in [-0.3, -0.25) is 4.98 Å². The van der Waals surface area contributed by atoms with E-state index in [-0.39, 0.29) is 12.1 Å². The first-order valence-electron chi connectivity index (χ1n) is 8.28. The van der Waals surface area contributed by atoms with Gasteiger partial charge in [-0.1, -0.05) is 6.07 Å². The lowest BCUT2D eigenvalue weighted by Crippen LogP contribution is -2.40. The quantitative estimate of drug-likeness (QED) is 0.942. The van der Waals surface area contributed by atoms with Gasteiger partial charge in [-0.2, -0.15) is 0 Å². The molecule has 2 amide bonds. The monoisotopic (exact) mass is 325 g/mol. The standard InChI is InChI=1S/C19H23N3O2/c1-14(15-7-9-20-10-8-15)21-19(23)22-11-3-4-16-12-18(24-2)6-5-17(16)13-22/h5-10,12,14H,3-4,11,13H2,1-2H3,(H,21,23)/t14-/m1/s1. The number of ether oxygens (including phenoxy) is 1. The summed E-state index contributed by atoms with van der Waals surface area (Å²) in [7, 11) is 1.68. The first-order chi connectivity index (χ1) is 11.7. The number of carbonyl (C=O) groups excluding carboxylic acids is 1. The molecule has 24 heavy (non-hydrogen) atoms. The molecule has 0 fully saturated rings. The van der Waals surface area contributed by atoms with Crippen LogP contribution < -0.4 is 10.1 Å². The fourth-order valence-electron chi connectivity index (χ4n) is 3.05. The molecule has 0 saturated carbocycles. The third-order valence-electron chi connectivity index (χ3n) is 4.48. The number of aromatic nitrogens is 1. The van der Waals surface area contributed by atoms with E-state index >= 15 is 0 Å². The summed E-state index contributed by atoms with van der Waals surface area (Å²) >= 11 is 0. The summed E-state index contributed by atoms with van der Waals surface area (Å²) in [5.41, 5.74) is 3.52. The number of hydrogen-bond donors (Lipinski definition) is 1. The van der Waals surface area contributed by atoms with Crippen molar-refractivity contribution in [3.8, 4) is 5.75 Å². The molecular formula is C19H23N3O2. The highest BCUT2D eigenvalue weighted by molar-refractivity contribution is 5.75. The van der Waals surface area contributed by atoms with Gasteiger partial charge in [0.25, 0.3) is 0 Å². The largest absolute Gasteiger partial charge is 0.497 e. The molecule has 0 aliphatic carbocycles. The number of amides is 2. The number of carbonyl (C=O) groups is 1. The minimum Gasteiger partial charge on any atom is -0.497 e. The number of fused-ring (bicyclic) bond motifs is 1. The van der Waals surface area contributed by atoms with Crippen LogP contribution in [0, 0.1) is 0 Å². The number of pyridine rings is 1. The van der Waals surface area contributed by atoms with Gasteiger partial charge in [0.15, 0.2) is 0 Å². The highest BCUT2D eigenvalue weighted by Crippen LogP contribution is 2.24. The Balaban J connectivity index is 1.69. The van der Waals surface area contributed by atoms with Crippen molar-refractivity contribution in [2.75, 3.05) is 13.7 Å². The predicted molar refractivity (Wildman–Crippen MR) is 92.9 cm³/mol. The molecule has 5 heteroatoms. The molecule has 0 bridgehead atoms. The van der Waals surface area contributed by atoms with Crippen molar-refractivity contribution in [2.45, 2.75) is 32.4 Å². The third-order valence-corrected chi connectivity index (χ3v) is 4.48. The van der Waals surface area contributed by atoms with Crippen LogP contribution in [0.1, 0.15) is 36.1 Å². The highest BCUT2D eigenvalue weighted by atomic mass is 16.5. The van der Waals surface area contributed by atoms with E-state index in [1.165, 1.54) is 11.1 Å². The fraction of sp³-hybridized carbons (Fsp3) is 0.368. The predicted octanol–water partition coefficient (Wildman–Crippen LogP) is 3.31. The molecule has 1 aliphatic heterocycles. The number of benzene rings is 1. The van der Waals surface area contributed by atoms with Crippen molar-refractivity contribution in [1.29, 1.82) is 0 Å². The van der Waals surface area contributed by atoms with E-state index in [0.717, 1.165) is 30.7 Å². The van der Waals surface area contributed by atoms with Gasteiger partial charge in [0.2, 0.25) is 0 Å². The minimum atomic E-state index is -0.0425.